The molecule has 0 aliphatic heterocycles. The Kier molecular flexibility index (Phi) is 4.44. The molecule has 1 rings (SSSR count). The second-order valence-electron chi connectivity index (χ2n) is 4.03. The van der Waals surface area contributed by atoms with Crippen molar-refractivity contribution in [3.05, 3.63) is 22.4 Å². The third-order valence-corrected chi connectivity index (χ3v) is 2.77. The number of nitrogens with zero attached hydrogens (tertiary/aromatic N) is 1. The van der Waals surface area contributed by atoms with Gasteiger partial charge in [-0.2, -0.15) is 0 Å². The van der Waals surface area contributed by atoms with Crippen LogP contribution in [0.15, 0.2) is 16.7 Å². The molecule has 1 amide bonds. The van der Waals surface area contributed by atoms with E-state index in [9.17, 15) is 4.79 Å². The van der Waals surface area contributed by atoms with Crippen molar-refractivity contribution in [3.8, 4) is 0 Å². The highest BCUT2D eigenvalue weighted by molar-refractivity contribution is 9.10. The number of aryl methyl sites for hydroxylation is 1. The fourth-order valence-corrected chi connectivity index (χ4v) is 1.58. The monoisotopic (exact) mass is 285 g/mol. The maximum absolute atomic E-state index is 11.7. The fraction of sp³-hybridized carbons (Fsp3) is 0.455. The van der Waals surface area contributed by atoms with Crippen molar-refractivity contribution in [3.63, 3.8) is 0 Å². The maximum Gasteiger partial charge on any atom is 0.241 e. The van der Waals surface area contributed by atoms with Crippen molar-refractivity contribution < 1.29 is 4.79 Å². The Bertz CT molecular complexity index is 393. The number of halogens is 1. The Morgan fingerprint density at radius 2 is 2.12 bits per heavy atom. The number of pyridine rings is 1. The Balaban J connectivity index is 2.77. The average molecular weight is 286 g/mol. The Labute approximate surface area is 104 Å². The van der Waals surface area contributed by atoms with Gasteiger partial charge in [0.25, 0.3) is 0 Å². The molecule has 4 nitrogen and oxygen atoms in total. The zero-order valence-electron chi connectivity index (χ0n) is 9.62. The minimum Gasteiger partial charge on any atom is -0.323 e. The van der Waals surface area contributed by atoms with Gasteiger partial charge in [-0.1, -0.05) is 13.8 Å². The molecule has 0 saturated heterocycles. The highest BCUT2D eigenvalue weighted by Gasteiger charge is 2.17. The molecule has 1 aromatic rings. The van der Waals surface area contributed by atoms with E-state index in [1.165, 1.54) is 0 Å². The van der Waals surface area contributed by atoms with Crippen LogP contribution in [0.25, 0.3) is 0 Å². The molecule has 0 saturated carbocycles. The van der Waals surface area contributed by atoms with E-state index >= 15 is 0 Å². The molecule has 1 heterocycles. The van der Waals surface area contributed by atoms with Gasteiger partial charge in [0.1, 0.15) is 4.60 Å². The highest BCUT2D eigenvalue weighted by Crippen LogP contribution is 2.16. The number of carbonyl (C=O) groups excluding carboxylic acids is 1. The number of anilines is 1. The molecular weight excluding hydrogens is 270 g/mol. The molecule has 5 heteroatoms. The fourth-order valence-electron chi connectivity index (χ4n) is 1.18. The van der Waals surface area contributed by atoms with E-state index in [1.54, 1.807) is 12.1 Å². The second-order valence-corrected chi connectivity index (χ2v) is 4.84. The van der Waals surface area contributed by atoms with Crippen LogP contribution in [0.3, 0.4) is 0 Å². The lowest BCUT2D eigenvalue weighted by molar-refractivity contribution is -0.118. The smallest absolute Gasteiger partial charge is 0.241 e. The predicted octanol–water partition coefficient (Wildman–Crippen LogP) is 2.07. The van der Waals surface area contributed by atoms with Gasteiger partial charge in [0, 0.05) is 0 Å². The first-order valence-electron chi connectivity index (χ1n) is 5.11. The largest absolute Gasteiger partial charge is 0.323 e. The number of rotatable bonds is 3. The molecule has 0 aliphatic rings. The van der Waals surface area contributed by atoms with Crippen molar-refractivity contribution in [2.75, 3.05) is 5.32 Å². The number of amides is 1. The first-order valence-corrected chi connectivity index (χ1v) is 5.90. The number of nitrogens with one attached hydrogen (secondary N) is 1. The third kappa shape index (κ3) is 3.28. The van der Waals surface area contributed by atoms with E-state index in [1.807, 2.05) is 20.8 Å². The summed E-state index contributed by atoms with van der Waals surface area (Å²) >= 11 is 3.27. The number of nitrogens with two attached hydrogens (primary N) is 1. The van der Waals surface area contributed by atoms with Crippen LogP contribution in [-0.2, 0) is 4.79 Å². The summed E-state index contributed by atoms with van der Waals surface area (Å²) in [6.45, 7) is 5.66. The lowest BCUT2D eigenvalue weighted by Gasteiger charge is -2.16. The molecule has 88 valence electrons. The van der Waals surface area contributed by atoms with Crippen LogP contribution >= 0.6 is 15.9 Å². The minimum atomic E-state index is -0.497. The van der Waals surface area contributed by atoms with Crippen LogP contribution < -0.4 is 11.1 Å². The van der Waals surface area contributed by atoms with Gasteiger partial charge in [-0.25, -0.2) is 4.98 Å². The molecule has 1 unspecified atom stereocenters. The van der Waals surface area contributed by atoms with E-state index in [0.29, 0.717) is 5.69 Å². The SMILES string of the molecule is Cc1nc(Br)ccc1NC(=O)C(N)C(C)C. The molecule has 1 aromatic heterocycles. The standard InChI is InChI=1S/C11H16BrN3O/c1-6(2)10(13)11(16)15-8-4-5-9(12)14-7(8)3/h4-6,10H,13H2,1-3H3,(H,15,16). The first-order chi connectivity index (χ1) is 7.41. The molecule has 0 spiro atoms. The molecule has 1 atom stereocenters. The molecule has 0 aromatic carbocycles. The van der Waals surface area contributed by atoms with Crippen LogP contribution in [0.4, 0.5) is 5.69 Å². The summed E-state index contributed by atoms with van der Waals surface area (Å²) < 4.78 is 0.746. The van der Waals surface area contributed by atoms with Gasteiger partial charge in [-0.3, -0.25) is 4.79 Å². The summed E-state index contributed by atoms with van der Waals surface area (Å²) in [7, 11) is 0. The molecule has 3 N–H and O–H groups in total. The molecule has 0 radical (unpaired) electrons. The van der Waals surface area contributed by atoms with Crippen LogP contribution in [0.2, 0.25) is 0 Å². The molecule has 0 aliphatic carbocycles. The first kappa shape index (κ1) is 13.1. The van der Waals surface area contributed by atoms with Crippen LogP contribution in [-0.4, -0.2) is 16.9 Å². The van der Waals surface area contributed by atoms with E-state index < -0.39 is 6.04 Å². The van der Waals surface area contributed by atoms with Crippen molar-refractivity contribution >= 4 is 27.5 Å². The summed E-state index contributed by atoms with van der Waals surface area (Å²) in [5.74, 6) is -0.0639. The van der Waals surface area contributed by atoms with E-state index in [2.05, 4.69) is 26.2 Å². The summed E-state index contributed by atoms with van der Waals surface area (Å²) in [6, 6.07) is 3.09. The average Bonchev–Trinajstić information content (AvgIpc) is 2.20. The Morgan fingerprint density at radius 3 is 2.62 bits per heavy atom. The lowest BCUT2D eigenvalue weighted by Crippen LogP contribution is -2.39. The summed E-state index contributed by atoms with van der Waals surface area (Å²) in [6.07, 6.45) is 0. The molecule has 0 fully saturated rings. The lowest BCUT2D eigenvalue weighted by atomic mass is 10.0. The van der Waals surface area contributed by atoms with Gasteiger partial charge >= 0.3 is 0 Å². The Morgan fingerprint density at radius 1 is 1.50 bits per heavy atom. The maximum atomic E-state index is 11.7. The summed E-state index contributed by atoms with van der Waals surface area (Å²) in [4.78, 5) is 15.9. The molecule has 0 bridgehead atoms. The van der Waals surface area contributed by atoms with Crippen molar-refractivity contribution in [2.24, 2.45) is 11.7 Å². The number of hydrogen-bond acceptors (Lipinski definition) is 3. The highest BCUT2D eigenvalue weighted by atomic mass is 79.9. The number of hydrogen-bond donors (Lipinski definition) is 2. The second kappa shape index (κ2) is 5.41. The molecular formula is C11H16BrN3O. The van der Waals surface area contributed by atoms with Gasteiger partial charge in [-0.15, -0.1) is 0 Å². The topological polar surface area (TPSA) is 68.0 Å². The van der Waals surface area contributed by atoms with Gasteiger partial charge in [-0.05, 0) is 40.9 Å². The van der Waals surface area contributed by atoms with Crippen molar-refractivity contribution in [1.29, 1.82) is 0 Å². The zero-order chi connectivity index (χ0) is 12.3. The van der Waals surface area contributed by atoms with Gasteiger partial charge in [0.15, 0.2) is 0 Å². The minimum absolute atomic E-state index is 0.115. The zero-order valence-corrected chi connectivity index (χ0v) is 11.2. The van der Waals surface area contributed by atoms with E-state index in [-0.39, 0.29) is 11.8 Å². The van der Waals surface area contributed by atoms with Gasteiger partial charge in [0.05, 0.1) is 17.4 Å². The Hall–Kier alpha value is -0.940. The van der Waals surface area contributed by atoms with Gasteiger partial charge in [0.2, 0.25) is 5.91 Å². The summed E-state index contributed by atoms with van der Waals surface area (Å²) in [5.41, 5.74) is 7.21. The third-order valence-electron chi connectivity index (χ3n) is 2.33. The number of aromatic nitrogens is 1. The normalized spacial score (nSPS) is 12.6. The van der Waals surface area contributed by atoms with Crippen molar-refractivity contribution in [1.82, 2.24) is 4.98 Å². The number of carbonyl (C=O) groups is 1. The van der Waals surface area contributed by atoms with E-state index in [4.69, 9.17) is 5.73 Å². The van der Waals surface area contributed by atoms with Crippen LogP contribution in [0, 0.1) is 12.8 Å². The van der Waals surface area contributed by atoms with E-state index in [0.717, 1.165) is 10.3 Å². The van der Waals surface area contributed by atoms with Crippen LogP contribution in [0.1, 0.15) is 19.5 Å². The van der Waals surface area contributed by atoms with Crippen LogP contribution in [0.5, 0.6) is 0 Å². The van der Waals surface area contributed by atoms with Gasteiger partial charge < -0.3 is 11.1 Å². The summed E-state index contributed by atoms with van der Waals surface area (Å²) in [5, 5.41) is 2.77. The predicted molar refractivity (Wildman–Crippen MR) is 68.1 cm³/mol. The molecule has 16 heavy (non-hydrogen) atoms. The van der Waals surface area contributed by atoms with Crippen molar-refractivity contribution in [2.45, 2.75) is 26.8 Å². The quantitative estimate of drug-likeness (QED) is 0.836.